The molecule has 2 aliphatic heterocycles. The molecule has 7 nitrogen and oxygen atoms in total. The highest BCUT2D eigenvalue weighted by Gasteiger charge is 2.63. The van der Waals surface area contributed by atoms with Crippen LogP contribution in [0.15, 0.2) is 115 Å². The van der Waals surface area contributed by atoms with Crippen LogP contribution < -0.4 is 10.1 Å². The van der Waals surface area contributed by atoms with Crippen molar-refractivity contribution in [1.29, 1.82) is 0 Å². The first-order chi connectivity index (χ1) is 19.0. The summed E-state index contributed by atoms with van der Waals surface area (Å²) in [4.78, 5) is 41.4. The number of carbonyl (C=O) groups excluding carboxylic acids is 3. The highest BCUT2D eigenvalue weighted by atomic mass is 32.2. The van der Waals surface area contributed by atoms with E-state index in [1.165, 1.54) is 16.7 Å². The molecule has 1 unspecified atom stereocenters. The third-order valence-electron chi connectivity index (χ3n) is 6.51. The predicted octanol–water partition coefficient (Wildman–Crippen LogP) is 4.63. The zero-order valence-corrected chi connectivity index (χ0v) is 22.2. The molecule has 1 saturated heterocycles. The first-order valence-electron chi connectivity index (χ1n) is 12.6. The lowest BCUT2D eigenvalue weighted by Gasteiger charge is -2.55. The number of esters is 1. The van der Waals surface area contributed by atoms with Crippen molar-refractivity contribution in [1.82, 2.24) is 10.2 Å². The summed E-state index contributed by atoms with van der Waals surface area (Å²) in [6, 6.07) is 27.9. The van der Waals surface area contributed by atoms with Gasteiger partial charge in [-0.15, -0.1) is 11.8 Å². The molecule has 1 fully saturated rings. The molecule has 3 aromatic rings. The van der Waals surface area contributed by atoms with Crippen molar-refractivity contribution >= 4 is 29.5 Å². The van der Waals surface area contributed by atoms with E-state index in [0.29, 0.717) is 11.5 Å². The molecule has 0 spiro atoms. The number of benzene rings is 3. The number of carbonyl (C=O) groups is 3. The first-order valence-corrected chi connectivity index (χ1v) is 13.7. The maximum atomic E-state index is 13.6. The Bertz CT molecular complexity index is 1350. The summed E-state index contributed by atoms with van der Waals surface area (Å²) in [5.41, 5.74) is 0.538. The Hall–Kier alpha value is -4.30. The number of amides is 2. The van der Waals surface area contributed by atoms with E-state index >= 15 is 0 Å². The van der Waals surface area contributed by atoms with Crippen LogP contribution in [0.25, 0.3) is 0 Å². The number of ether oxygens (including phenoxy) is 2. The lowest BCUT2D eigenvalue weighted by Crippen LogP contribution is -2.79. The lowest BCUT2D eigenvalue weighted by atomic mass is 9.86. The topological polar surface area (TPSA) is 84.9 Å². The number of rotatable bonds is 9. The summed E-state index contributed by atoms with van der Waals surface area (Å²) in [5, 5.41) is 2.36. The molecule has 5 rings (SSSR count). The monoisotopic (exact) mass is 540 g/mol. The normalized spacial score (nSPS) is 20.2. The highest BCUT2D eigenvalue weighted by Crippen LogP contribution is 2.45. The largest absolute Gasteiger partial charge is 0.484 e. The summed E-state index contributed by atoms with van der Waals surface area (Å²) in [6.07, 6.45) is 4.47. The van der Waals surface area contributed by atoms with Gasteiger partial charge in [0.2, 0.25) is 0 Å². The highest BCUT2D eigenvalue weighted by molar-refractivity contribution is 8.00. The number of nitrogens with zero attached hydrogens (tertiary/aromatic N) is 1. The van der Waals surface area contributed by atoms with Crippen LogP contribution in [0.1, 0.15) is 24.2 Å². The number of thioether (sulfide) groups is 1. The van der Waals surface area contributed by atoms with Gasteiger partial charge in [0.15, 0.2) is 18.2 Å². The van der Waals surface area contributed by atoms with E-state index in [2.05, 4.69) is 5.32 Å². The second kappa shape index (κ2) is 11.6. The summed E-state index contributed by atoms with van der Waals surface area (Å²) in [5.74, 6) is -0.391. The van der Waals surface area contributed by atoms with E-state index in [4.69, 9.17) is 9.47 Å². The van der Waals surface area contributed by atoms with Crippen molar-refractivity contribution in [3.05, 3.63) is 126 Å². The van der Waals surface area contributed by atoms with Crippen LogP contribution in [0.2, 0.25) is 0 Å². The zero-order chi connectivity index (χ0) is 27.2. The maximum Gasteiger partial charge on any atom is 0.355 e. The Balaban J connectivity index is 1.33. The van der Waals surface area contributed by atoms with Crippen molar-refractivity contribution in [3.63, 3.8) is 0 Å². The second-order valence-electron chi connectivity index (χ2n) is 9.08. The van der Waals surface area contributed by atoms with E-state index in [0.717, 1.165) is 11.1 Å². The fourth-order valence-corrected chi connectivity index (χ4v) is 6.04. The standard InChI is InChI=1S/C31H28N2O5S/c1-2-19-31(32-26(34)21-37-24-16-10-5-11-17-24)29(36)33-25(18-20-39-30(31)33)28(35)38-27(22-12-6-3-7-13-22)23-14-8-4-9-15-23/h2-19,27,30H,20-21H2,1H3,(H,32,34)/t30-,31?/m0/s1. The molecule has 0 bridgehead atoms. The van der Waals surface area contributed by atoms with Gasteiger partial charge in [-0.25, -0.2) is 4.79 Å². The van der Waals surface area contributed by atoms with Gasteiger partial charge in [0.05, 0.1) is 0 Å². The third kappa shape index (κ3) is 5.33. The molecular weight excluding hydrogens is 512 g/mol. The third-order valence-corrected chi connectivity index (χ3v) is 7.77. The van der Waals surface area contributed by atoms with Gasteiger partial charge in [0, 0.05) is 5.75 Å². The second-order valence-corrected chi connectivity index (χ2v) is 10.2. The maximum absolute atomic E-state index is 13.6. The van der Waals surface area contributed by atoms with Gasteiger partial charge in [0.25, 0.3) is 11.8 Å². The number of para-hydroxylation sites is 1. The fraction of sp³-hybridized carbons (Fsp3) is 0.194. The average molecular weight is 541 g/mol. The van der Waals surface area contributed by atoms with Crippen LogP contribution in [-0.2, 0) is 19.1 Å². The van der Waals surface area contributed by atoms with E-state index in [1.807, 2.05) is 78.9 Å². The van der Waals surface area contributed by atoms with Crippen LogP contribution in [0.4, 0.5) is 0 Å². The van der Waals surface area contributed by atoms with E-state index < -0.39 is 34.8 Å². The molecule has 2 aliphatic rings. The van der Waals surface area contributed by atoms with Crippen LogP contribution in [0.3, 0.4) is 0 Å². The minimum Gasteiger partial charge on any atom is -0.484 e. The first kappa shape index (κ1) is 26.3. The van der Waals surface area contributed by atoms with Crippen molar-refractivity contribution in [2.24, 2.45) is 0 Å². The molecule has 0 saturated carbocycles. The summed E-state index contributed by atoms with van der Waals surface area (Å²) >= 11 is 1.47. The van der Waals surface area contributed by atoms with Crippen molar-refractivity contribution in [2.45, 2.75) is 23.9 Å². The average Bonchev–Trinajstić information content (AvgIpc) is 2.99. The number of hydrogen-bond acceptors (Lipinski definition) is 6. The van der Waals surface area contributed by atoms with Crippen molar-refractivity contribution < 1.29 is 23.9 Å². The van der Waals surface area contributed by atoms with Gasteiger partial charge < -0.3 is 14.8 Å². The summed E-state index contributed by atoms with van der Waals surface area (Å²) in [6.45, 7) is 1.54. The summed E-state index contributed by atoms with van der Waals surface area (Å²) in [7, 11) is 0. The van der Waals surface area contributed by atoms with Gasteiger partial charge in [-0.3, -0.25) is 14.5 Å². The quantitative estimate of drug-likeness (QED) is 0.242. The summed E-state index contributed by atoms with van der Waals surface area (Å²) < 4.78 is 11.6. The number of hydrogen-bond donors (Lipinski definition) is 1. The smallest absolute Gasteiger partial charge is 0.355 e. The van der Waals surface area contributed by atoms with Gasteiger partial charge in [-0.1, -0.05) is 91.0 Å². The molecule has 3 aromatic carbocycles. The van der Waals surface area contributed by atoms with Gasteiger partial charge in [-0.05, 0) is 36.3 Å². The van der Waals surface area contributed by atoms with Crippen LogP contribution >= 0.6 is 11.8 Å². The van der Waals surface area contributed by atoms with Crippen LogP contribution in [0.5, 0.6) is 5.75 Å². The molecule has 39 heavy (non-hydrogen) atoms. The minimum absolute atomic E-state index is 0.176. The number of allylic oxidation sites excluding steroid dienone is 1. The Morgan fingerprint density at radius 1 is 1.00 bits per heavy atom. The lowest BCUT2D eigenvalue weighted by molar-refractivity contribution is -0.158. The number of fused-ring (bicyclic) bond motifs is 1. The molecule has 8 heteroatoms. The molecule has 2 heterocycles. The van der Waals surface area contributed by atoms with E-state index in [-0.39, 0.29) is 12.3 Å². The predicted molar refractivity (Wildman–Crippen MR) is 150 cm³/mol. The SMILES string of the molecule is CC=CC1(NC(=O)COc2ccccc2)C(=O)N2C(C(=O)OC(c3ccccc3)c3ccccc3)=CCS[C@H]21. The zero-order valence-electron chi connectivity index (χ0n) is 21.4. The number of β-lactam (4-membered cyclic amide) rings is 1. The van der Waals surface area contributed by atoms with Crippen LogP contribution in [-0.4, -0.2) is 46.0 Å². The van der Waals surface area contributed by atoms with Gasteiger partial charge in [0.1, 0.15) is 16.8 Å². The Labute approximate surface area is 231 Å². The van der Waals surface area contributed by atoms with E-state index in [9.17, 15) is 14.4 Å². The minimum atomic E-state index is -1.28. The molecule has 198 valence electrons. The Morgan fingerprint density at radius 3 is 2.18 bits per heavy atom. The van der Waals surface area contributed by atoms with Crippen LogP contribution in [0, 0.1) is 0 Å². The molecule has 0 aliphatic carbocycles. The van der Waals surface area contributed by atoms with Crippen molar-refractivity contribution in [3.8, 4) is 5.75 Å². The molecule has 1 N–H and O–H groups in total. The van der Waals surface area contributed by atoms with E-state index in [1.54, 1.807) is 37.3 Å². The molecule has 2 amide bonds. The Kier molecular flexibility index (Phi) is 7.84. The Morgan fingerprint density at radius 2 is 1.59 bits per heavy atom. The molecule has 0 radical (unpaired) electrons. The molecular formula is C31H28N2O5S. The van der Waals surface area contributed by atoms with Gasteiger partial charge in [-0.2, -0.15) is 0 Å². The fourth-order valence-electron chi connectivity index (χ4n) is 4.75. The molecule has 0 aromatic heterocycles. The molecule has 2 atom stereocenters. The van der Waals surface area contributed by atoms with Gasteiger partial charge >= 0.3 is 5.97 Å². The van der Waals surface area contributed by atoms with Crippen molar-refractivity contribution in [2.75, 3.05) is 12.4 Å². The number of nitrogens with one attached hydrogen (secondary N) is 1.